The molecule has 1 heterocycles. The van der Waals surface area contributed by atoms with E-state index in [1.807, 2.05) is 6.92 Å². The first kappa shape index (κ1) is 14.8. The number of nitriles is 1. The van der Waals surface area contributed by atoms with Gasteiger partial charge in [-0.2, -0.15) is 5.26 Å². The molecule has 0 radical (unpaired) electrons. The van der Waals surface area contributed by atoms with Gasteiger partial charge in [0.05, 0.1) is 27.8 Å². The molecule has 1 saturated heterocycles. The summed E-state index contributed by atoms with van der Waals surface area (Å²) in [6.45, 7) is 3.75. The number of piperidine rings is 1. The Morgan fingerprint density at radius 1 is 1.50 bits per heavy atom. The molecule has 0 aromatic heterocycles. The van der Waals surface area contributed by atoms with Gasteiger partial charge >= 0.3 is 0 Å². The minimum atomic E-state index is -0.336. The molecule has 1 aliphatic heterocycles. The molecule has 1 aromatic carbocycles. The maximum absolute atomic E-state index is 12.6. The van der Waals surface area contributed by atoms with Crippen LogP contribution in [0.15, 0.2) is 18.2 Å². The van der Waals surface area contributed by atoms with E-state index in [1.165, 1.54) is 0 Å². The van der Waals surface area contributed by atoms with Crippen molar-refractivity contribution < 1.29 is 4.79 Å². The normalized spacial score (nSPS) is 17.2. The van der Waals surface area contributed by atoms with Crippen LogP contribution in [0, 0.1) is 16.7 Å². The van der Waals surface area contributed by atoms with Gasteiger partial charge in [-0.3, -0.25) is 4.79 Å². The summed E-state index contributed by atoms with van der Waals surface area (Å²) < 4.78 is 0. The molecule has 0 unspecified atom stereocenters. The van der Waals surface area contributed by atoms with Crippen LogP contribution in [0.2, 0.25) is 5.02 Å². The van der Waals surface area contributed by atoms with Crippen LogP contribution in [-0.2, 0) is 4.79 Å². The number of anilines is 1. The zero-order valence-electron chi connectivity index (χ0n) is 11.5. The number of hydrogen-bond acceptors (Lipinski definition) is 3. The average molecular weight is 292 g/mol. The van der Waals surface area contributed by atoms with Gasteiger partial charge in [0.2, 0.25) is 5.91 Å². The predicted molar refractivity (Wildman–Crippen MR) is 79.6 cm³/mol. The van der Waals surface area contributed by atoms with E-state index < -0.39 is 0 Å². The maximum Gasteiger partial charge on any atom is 0.230 e. The zero-order chi connectivity index (χ0) is 14.6. The SMILES string of the molecule is CCC1(C(=O)Nc2cc(C#N)ccc2Cl)CCNCC1. The summed E-state index contributed by atoms with van der Waals surface area (Å²) in [6, 6.07) is 6.94. The molecule has 0 bridgehead atoms. The molecule has 0 saturated carbocycles. The van der Waals surface area contributed by atoms with E-state index in [2.05, 4.69) is 16.7 Å². The lowest BCUT2D eigenvalue weighted by atomic mass is 9.76. The van der Waals surface area contributed by atoms with E-state index in [9.17, 15) is 4.79 Å². The van der Waals surface area contributed by atoms with Gasteiger partial charge in [0.1, 0.15) is 0 Å². The number of hydrogen-bond donors (Lipinski definition) is 2. The van der Waals surface area contributed by atoms with E-state index in [1.54, 1.807) is 18.2 Å². The Labute approximate surface area is 124 Å². The van der Waals surface area contributed by atoms with Crippen LogP contribution in [0.1, 0.15) is 31.7 Å². The summed E-state index contributed by atoms with van der Waals surface area (Å²) in [6.07, 6.45) is 2.45. The lowest BCUT2D eigenvalue weighted by Crippen LogP contribution is -2.44. The molecule has 1 amide bonds. The van der Waals surface area contributed by atoms with Gasteiger partial charge in [0.25, 0.3) is 0 Å². The first-order valence-corrected chi connectivity index (χ1v) is 7.21. The second-order valence-corrected chi connectivity index (χ2v) is 5.55. The number of nitrogens with zero attached hydrogens (tertiary/aromatic N) is 1. The van der Waals surface area contributed by atoms with Crippen molar-refractivity contribution in [1.29, 1.82) is 5.26 Å². The molecule has 5 heteroatoms. The molecular weight excluding hydrogens is 274 g/mol. The van der Waals surface area contributed by atoms with Gasteiger partial charge in [-0.05, 0) is 50.6 Å². The number of halogens is 1. The van der Waals surface area contributed by atoms with Crippen LogP contribution >= 0.6 is 11.6 Å². The summed E-state index contributed by atoms with van der Waals surface area (Å²) in [4.78, 5) is 12.6. The van der Waals surface area contributed by atoms with Crippen molar-refractivity contribution >= 4 is 23.2 Å². The summed E-state index contributed by atoms with van der Waals surface area (Å²) in [5.41, 5.74) is 0.666. The van der Waals surface area contributed by atoms with Gasteiger partial charge in [-0.1, -0.05) is 18.5 Å². The number of benzene rings is 1. The fourth-order valence-electron chi connectivity index (χ4n) is 2.59. The molecule has 2 rings (SSSR count). The molecule has 0 atom stereocenters. The number of amides is 1. The van der Waals surface area contributed by atoms with Crippen LogP contribution in [0.5, 0.6) is 0 Å². The number of carbonyl (C=O) groups is 1. The Morgan fingerprint density at radius 3 is 2.80 bits per heavy atom. The summed E-state index contributed by atoms with van der Waals surface area (Å²) in [5, 5.41) is 15.5. The molecule has 20 heavy (non-hydrogen) atoms. The fourth-order valence-corrected chi connectivity index (χ4v) is 2.76. The third-order valence-electron chi connectivity index (χ3n) is 4.06. The van der Waals surface area contributed by atoms with E-state index in [0.717, 1.165) is 32.4 Å². The van der Waals surface area contributed by atoms with Crippen molar-refractivity contribution in [1.82, 2.24) is 5.32 Å². The van der Waals surface area contributed by atoms with Crippen molar-refractivity contribution in [2.75, 3.05) is 18.4 Å². The first-order chi connectivity index (χ1) is 9.61. The largest absolute Gasteiger partial charge is 0.324 e. The maximum atomic E-state index is 12.6. The Hall–Kier alpha value is -1.57. The quantitative estimate of drug-likeness (QED) is 0.900. The van der Waals surface area contributed by atoms with Crippen molar-refractivity contribution in [3.8, 4) is 6.07 Å². The summed E-state index contributed by atoms with van der Waals surface area (Å²) >= 11 is 6.09. The summed E-state index contributed by atoms with van der Waals surface area (Å²) in [7, 11) is 0. The highest BCUT2D eigenvalue weighted by Gasteiger charge is 2.37. The third kappa shape index (κ3) is 2.95. The highest BCUT2D eigenvalue weighted by atomic mass is 35.5. The van der Waals surface area contributed by atoms with E-state index in [4.69, 9.17) is 16.9 Å². The van der Waals surface area contributed by atoms with Crippen LogP contribution in [-0.4, -0.2) is 19.0 Å². The Balaban J connectivity index is 2.20. The Bertz CT molecular complexity index is 545. The Kier molecular flexibility index (Phi) is 4.64. The second-order valence-electron chi connectivity index (χ2n) is 5.14. The molecule has 0 aliphatic carbocycles. The fraction of sp³-hybridized carbons (Fsp3) is 0.467. The predicted octanol–water partition coefficient (Wildman–Crippen LogP) is 2.93. The molecule has 1 fully saturated rings. The lowest BCUT2D eigenvalue weighted by Gasteiger charge is -2.35. The number of carbonyl (C=O) groups excluding carboxylic acids is 1. The monoisotopic (exact) mass is 291 g/mol. The highest BCUT2D eigenvalue weighted by Crippen LogP contribution is 2.35. The minimum Gasteiger partial charge on any atom is -0.324 e. The van der Waals surface area contributed by atoms with Gasteiger partial charge in [-0.25, -0.2) is 0 Å². The smallest absolute Gasteiger partial charge is 0.230 e. The van der Waals surface area contributed by atoms with Gasteiger partial charge in [0, 0.05) is 0 Å². The molecule has 1 aromatic rings. The molecule has 106 valence electrons. The highest BCUT2D eigenvalue weighted by molar-refractivity contribution is 6.33. The molecule has 0 spiro atoms. The van der Waals surface area contributed by atoms with Crippen molar-refractivity contribution in [2.45, 2.75) is 26.2 Å². The van der Waals surface area contributed by atoms with E-state index >= 15 is 0 Å². The topological polar surface area (TPSA) is 64.9 Å². The van der Waals surface area contributed by atoms with Gasteiger partial charge in [-0.15, -0.1) is 0 Å². The van der Waals surface area contributed by atoms with Crippen LogP contribution < -0.4 is 10.6 Å². The standard InChI is InChI=1S/C15H18ClN3O/c1-2-15(5-7-18-8-6-15)14(20)19-13-9-11(10-17)3-4-12(13)16/h3-4,9,18H,2,5-8H2,1H3,(H,19,20). The third-order valence-corrected chi connectivity index (χ3v) is 4.39. The van der Waals surface area contributed by atoms with Crippen LogP contribution in [0.4, 0.5) is 5.69 Å². The van der Waals surface area contributed by atoms with Crippen molar-refractivity contribution in [3.05, 3.63) is 28.8 Å². The second kappa shape index (κ2) is 6.25. The molecule has 1 aliphatic rings. The van der Waals surface area contributed by atoms with E-state index in [0.29, 0.717) is 16.3 Å². The zero-order valence-corrected chi connectivity index (χ0v) is 12.3. The molecule has 2 N–H and O–H groups in total. The van der Waals surface area contributed by atoms with Gasteiger partial charge in [0.15, 0.2) is 0 Å². The van der Waals surface area contributed by atoms with Crippen molar-refractivity contribution in [2.24, 2.45) is 5.41 Å². The first-order valence-electron chi connectivity index (χ1n) is 6.83. The lowest BCUT2D eigenvalue weighted by molar-refractivity contribution is -0.127. The number of rotatable bonds is 3. The number of nitrogens with one attached hydrogen (secondary N) is 2. The molecule has 4 nitrogen and oxygen atoms in total. The molecular formula is C15H18ClN3O. The van der Waals surface area contributed by atoms with Crippen LogP contribution in [0.25, 0.3) is 0 Å². The average Bonchev–Trinajstić information content (AvgIpc) is 2.50. The Morgan fingerprint density at radius 2 is 2.20 bits per heavy atom. The van der Waals surface area contributed by atoms with Crippen molar-refractivity contribution in [3.63, 3.8) is 0 Å². The minimum absolute atomic E-state index is 0.00140. The summed E-state index contributed by atoms with van der Waals surface area (Å²) in [5.74, 6) is -0.00140. The van der Waals surface area contributed by atoms with Gasteiger partial charge < -0.3 is 10.6 Å². The van der Waals surface area contributed by atoms with Crippen LogP contribution in [0.3, 0.4) is 0 Å². The van der Waals surface area contributed by atoms with E-state index in [-0.39, 0.29) is 11.3 Å².